The number of nitrogens with two attached hydrogens (primary N) is 1. The second-order valence-corrected chi connectivity index (χ2v) is 4.03. The normalized spacial score (nSPS) is 10.6. The topological polar surface area (TPSA) is 61.3 Å². The molecule has 0 amide bonds. The van der Waals surface area contributed by atoms with Crippen molar-refractivity contribution < 1.29 is 9.15 Å². The number of rotatable bonds is 3. The van der Waals surface area contributed by atoms with Gasteiger partial charge in [-0.3, -0.25) is 0 Å². The molecule has 17 heavy (non-hydrogen) atoms. The van der Waals surface area contributed by atoms with Crippen LogP contribution in [-0.4, -0.2) is 12.1 Å². The molecule has 0 fully saturated rings. The molecule has 2 rings (SSSR count). The Bertz CT molecular complexity index is 537. The van der Waals surface area contributed by atoms with E-state index >= 15 is 0 Å². The zero-order valence-electron chi connectivity index (χ0n) is 9.66. The predicted octanol–water partition coefficient (Wildman–Crippen LogP) is 2.77. The number of nitrogens with zero attached hydrogens (tertiary/aromatic N) is 1. The summed E-state index contributed by atoms with van der Waals surface area (Å²) in [4.78, 5) is 4.06. The first-order chi connectivity index (χ1) is 8.15. The van der Waals surface area contributed by atoms with Gasteiger partial charge >= 0.3 is 0 Å². The van der Waals surface area contributed by atoms with Crippen LogP contribution in [0.5, 0.6) is 5.75 Å². The standard InChI is InChI=1S/C12H13ClN2O2/c1-7-3-10(16-2)9(13)4-8(7)11-6-15-12(5-14)17-11/h3-4,6H,5,14H2,1-2H3. The van der Waals surface area contributed by atoms with Crippen molar-refractivity contribution in [3.63, 3.8) is 0 Å². The van der Waals surface area contributed by atoms with Gasteiger partial charge in [-0.1, -0.05) is 11.6 Å². The molecule has 0 unspecified atom stereocenters. The Balaban J connectivity index is 2.48. The Hall–Kier alpha value is -1.52. The van der Waals surface area contributed by atoms with Crippen molar-refractivity contribution in [3.05, 3.63) is 34.8 Å². The van der Waals surface area contributed by atoms with Gasteiger partial charge in [-0.2, -0.15) is 0 Å². The molecular weight excluding hydrogens is 240 g/mol. The molecular formula is C12H13ClN2O2. The van der Waals surface area contributed by atoms with E-state index in [1.807, 2.05) is 13.0 Å². The van der Waals surface area contributed by atoms with Gasteiger partial charge in [0.15, 0.2) is 5.76 Å². The highest BCUT2D eigenvalue weighted by Crippen LogP contribution is 2.33. The second-order valence-electron chi connectivity index (χ2n) is 3.62. The van der Waals surface area contributed by atoms with Gasteiger partial charge in [-0.05, 0) is 24.6 Å². The van der Waals surface area contributed by atoms with Crippen molar-refractivity contribution in [1.29, 1.82) is 0 Å². The fourth-order valence-electron chi connectivity index (χ4n) is 1.61. The average molecular weight is 253 g/mol. The predicted molar refractivity (Wildman–Crippen MR) is 66.1 cm³/mol. The fourth-order valence-corrected chi connectivity index (χ4v) is 1.85. The van der Waals surface area contributed by atoms with Crippen molar-refractivity contribution in [2.75, 3.05) is 7.11 Å². The van der Waals surface area contributed by atoms with Gasteiger partial charge in [-0.15, -0.1) is 0 Å². The fraction of sp³-hybridized carbons (Fsp3) is 0.250. The Morgan fingerprint density at radius 3 is 2.82 bits per heavy atom. The van der Waals surface area contributed by atoms with Crippen LogP contribution >= 0.6 is 11.6 Å². The van der Waals surface area contributed by atoms with E-state index in [2.05, 4.69) is 4.98 Å². The highest BCUT2D eigenvalue weighted by atomic mass is 35.5. The molecule has 0 radical (unpaired) electrons. The van der Waals surface area contributed by atoms with Crippen molar-refractivity contribution in [2.45, 2.75) is 13.5 Å². The van der Waals surface area contributed by atoms with E-state index in [9.17, 15) is 0 Å². The molecule has 5 heteroatoms. The number of ether oxygens (including phenoxy) is 1. The molecule has 0 atom stereocenters. The number of methoxy groups -OCH3 is 1. The first kappa shape index (κ1) is 12.0. The maximum Gasteiger partial charge on any atom is 0.208 e. The largest absolute Gasteiger partial charge is 0.495 e. The van der Waals surface area contributed by atoms with Crippen LogP contribution < -0.4 is 10.5 Å². The summed E-state index contributed by atoms with van der Waals surface area (Å²) in [7, 11) is 1.58. The van der Waals surface area contributed by atoms with Gasteiger partial charge in [0.25, 0.3) is 0 Å². The SMILES string of the molecule is COc1cc(C)c(-c2cnc(CN)o2)cc1Cl. The molecule has 2 N–H and O–H groups in total. The van der Waals surface area contributed by atoms with Gasteiger partial charge in [0.2, 0.25) is 5.89 Å². The monoisotopic (exact) mass is 252 g/mol. The molecule has 0 spiro atoms. The van der Waals surface area contributed by atoms with E-state index in [1.165, 1.54) is 0 Å². The number of oxazole rings is 1. The second kappa shape index (κ2) is 4.77. The summed E-state index contributed by atoms with van der Waals surface area (Å²) < 4.78 is 10.6. The lowest BCUT2D eigenvalue weighted by Gasteiger charge is -2.07. The molecule has 1 heterocycles. The maximum absolute atomic E-state index is 6.08. The summed E-state index contributed by atoms with van der Waals surface area (Å²) in [5.41, 5.74) is 7.35. The molecule has 0 saturated carbocycles. The quantitative estimate of drug-likeness (QED) is 0.912. The zero-order valence-corrected chi connectivity index (χ0v) is 10.4. The summed E-state index contributed by atoms with van der Waals surface area (Å²) in [5.74, 6) is 1.81. The van der Waals surface area contributed by atoms with Crippen LogP contribution in [0.2, 0.25) is 5.02 Å². The van der Waals surface area contributed by atoms with Crippen LogP contribution in [0.1, 0.15) is 11.5 Å². The number of hydrogen-bond acceptors (Lipinski definition) is 4. The van der Waals surface area contributed by atoms with Crippen molar-refractivity contribution >= 4 is 11.6 Å². The average Bonchev–Trinajstić information content (AvgIpc) is 2.80. The minimum Gasteiger partial charge on any atom is -0.495 e. The van der Waals surface area contributed by atoms with Crippen molar-refractivity contribution in [2.24, 2.45) is 5.73 Å². The first-order valence-electron chi connectivity index (χ1n) is 5.15. The van der Waals surface area contributed by atoms with E-state index in [1.54, 1.807) is 19.4 Å². The van der Waals surface area contributed by atoms with Gasteiger partial charge in [-0.25, -0.2) is 4.98 Å². The molecule has 0 aliphatic heterocycles. The Kier molecular flexibility index (Phi) is 3.36. The molecule has 0 aliphatic carbocycles. The van der Waals surface area contributed by atoms with E-state index in [0.29, 0.717) is 22.4 Å². The lowest BCUT2D eigenvalue weighted by atomic mass is 10.1. The third-order valence-corrected chi connectivity index (χ3v) is 2.79. The van der Waals surface area contributed by atoms with E-state index in [-0.39, 0.29) is 6.54 Å². The van der Waals surface area contributed by atoms with Crippen LogP contribution in [0.4, 0.5) is 0 Å². The summed E-state index contributed by atoms with van der Waals surface area (Å²) >= 11 is 6.08. The number of hydrogen-bond donors (Lipinski definition) is 1. The van der Waals surface area contributed by atoms with E-state index in [4.69, 9.17) is 26.5 Å². The van der Waals surface area contributed by atoms with Gasteiger partial charge in [0.1, 0.15) is 5.75 Å². The molecule has 2 aromatic rings. The van der Waals surface area contributed by atoms with Crippen LogP contribution in [0.25, 0.3) is 11.3 Å². The highest BCUT2D eigenvalue weighted by Gasteiger charge is 2.12. The Labute approximate surface area is 104 Å². The molecule has 0 aliphatic rings. The van der Waals surface area contributed by atoms with Gasteiger partial charge in [0.05, 0.1) is 24.9 Å². The lowest BCUT2D eigenvalue weighted by Crippen LogP contribution is -1.94. The maximum atomic E-state index is 6.08. The van der Waals surface area contributed by atoms with E-state index in [0.717, 1.165) is 11.1 Å². The third kappa shape index (κ3) is 2.28. The molecule has 0 saturated heterocycles. The van der Waals surface area contributed by atoms with Crippen LogP contribution in [0.15, 0.2) is 22.7 Å². The Morgan fingerprint density at radius 2 is 2.24 bits per heavy atom. The summed E-state index contributed by atoms with van der Waals surface area (Å²) in [5, 5.41) is 0.541. The summed E-state index contributed by atoms with van der Waals surface area (Å²) in [6.45, 7) is 2.24. The molecule has 1 aromatic heterocycles. The molecule has 1 aromatic carbocycles. The van der Waals surface area contributed by atoms with Gasteiger partial charge < -0.3 is 14.9 Å². The minimum atomic E-state index is 0.281. The van der Waals surface area contributed by atoms with E-state index < -0.39 is 0 Å². The molecule has 0 bridgehead atoms. The number of benzene rings is 1. The molecule has 90 valence electrons. The number of aromatic nitrogens is 1. The Morgan fingerprint density at radius 1 is 1.47 bits per heavy atom. The minimum absolute atomic E-state index is 0.281. The third-order valence-electron chi connectivity index (χ3n) is 2.49. The van der Waals surface area contributed by atoms with Crippen LogP contribution in [0, 0.1) is 6.92 Å². The lowest BCUT2D eigenvalue weighted by molar-refractivity contribution is 0.414. The van der Waals surface area contributed by atoms with Crippen molar-refractivity contribution in [3.8, 4) is 17.1 Å². The van der Waals surface area contributed by atoms with Crippen LogP contribution in [0.3, 0.4) is 0 Å². The van der Waals surface area contributed by atoms with Crippen molar-refractivity contribution in [1.82, 2.24) is 4.98 Å². The number of halogens is 1. The smallest absolute Gasteiger partial charge is 0.208 e. The van der Waals surface area contributed by atoms with Gasteiger partial charge in [0, 0.05) is 5.56 Å². The first-order valence-corrected chi connectivity index (χ1v) is 5.52. The summed E-state index contributed by atoms with van der Waals surface area (Å²) in [6.07, 6.45) is 1.65. The number of aryl methyl sites for hydroxylation is 1. The molecule has 4 nitrogen and oxygen atoms in total. The summed E-state index contributed by atoms with van der Waals surface area (Å²) in [6, 6.07) is 3.67. The highest BCUT2D eigenvalue weighted by molar-refractivity contribution is 6.32. The van der Waals surface area contributed by atoms with Crippen LogP contribution in [-0.2, 0) is 6.54 Å². The zero-order chi connectivity index (χ0) is 12.4.